The Morgan fingerprint density at radius 1 is 1.00 bits per heavy atom. The molecule has 0 amide bonds. The highest BCUT2D eigenvalue weighted by atomic mass is 32.2. The highest BCUT2D eigenvalue weighted by molar-refractivity contribution is 8.03. The largest absolute Gasteiger partial charge is 0.432 e. The lowest BCUT2D eigenvalue weighted by Crippen LogP contribution is -2.41. The summed E-state index contributed by atoms with van der Waals surface area (Å²) in [6.45, 7) is 6.94. The summed E-state index contributed by atoms with van der Waals surface area (Å²) in [5, 5.41) is -0.0485. The van der Waals surface area contributed by atoms with Gasteiger partial charge in [0.25, 0.3) is 21.7 Å². The Morgan fingerprint density at radius 2 is 1.73 bits per heavy atom. The first-order valence-corrected chi connectivity index (χ1v) is 18.9. The van der Waals surface area contributed by atoms with Crippen LogP contribution in [0.1, 0.15) is 37.3 Å². The zero-order chi connectivity index (χ0) is 32.1. The summed E-state index contributed by atoms with van der Waals surface area (Å²) in [4.78, 5) is 3.28. The summed E-state index contributed by atoms with van der Waals surface area (Å²) in [6.07, 6.45) is 4.96. The summed E-state index contributed by atoms with van der Waals surface area (Å²) in [7, 11) is -8.37. The maximum Gasteiger partial charge on any atom is 0.325 e. The van der Waals surface area contributed by atoms with Crippen molar-refractivity contribution in [3.63, 3.8) is 0 Å². The molecule has 1 saturated heterocycles. The van der Waals surface area contributed by atoms with Crippen LogP contribution in [-0.2, 0) is 20.2 Å². The smallest absolute Gasteiger partial charge is 0.325 e. The first-order valence-electron chi connectivity index (χ1n) is 14.9. The zero-order valence-corrected chi connectivity index (χ0v) is 27.8. The van der Waals surface area contributed by atoms with Gasteiger partial charge in [-0.3, -0.25) is 9.11 Å². The van der Waals surface area contributed by atoms with Crippen molar-refractivity contribution in [1.29, 1.82) is 0 Å². The number of ether oxygens (including phenoxy) is 1. The van der Waals surface area contributed by atoms with Crippen LogP contribution in [0.5, 0.6) is 5.75 Å². The van der Waals surface area contributed by atoms with E-state index in [9.17, 15) is 25.9 Å². The SMILES string of the molecule is CCC(=CC1Oc2ccc(-c3ccccc3)cc2[N+]12CC2S(=O)(=O)O)C=C1Sc2cc(C)c(C)cc2N1CCCCS(=O)(=O)O. The van der Waals surface area contributed by atoms with Crippen LogP contribution >= 0.6 is 11.8 Å². The van der Waals surface area contributed by atoms with E-state index in [2.05, 4.69) is 37.0 Å². The number of quaternary nitrogens is 1. The number of nitrogens with zero attached hydrogens (tertiary/aromatic N) is 2. The van der Waals surface area contributed by atoms with Gasteiger partial charge in [0.2, 0.25) is 0 Å². The molecule has 3 atom stereocenters. The lowest BCUT2D eigenvalue weighted by molar-refractivity contribution is 0.190. The number of unbranched alkanes of at least 4 members (excludes halogenated alkanes) is 1. The predicted molar refractivity (Wildman–Crippen MR) is 180 cm³/mol. The third-order valence-electron chi connectivity index (χ3n) is 8.85. The molecule has 0 radical (unpaired) electrons. The second-order valence-corrected chi connectivity index (χ2v) is 16.1. The van der Waals surface area contributed by atoms with E-state index in [1.54, 1.807) is 11.8 Å². The maximum atomic E-state index is 12.5. The van der Waals surface area contributed by atoms with E-state index >= 15 is 0 Å². The Hall–Kier alpha value is -3.13. The number of fused-ring (bicyclic) bond motifs is 3. The molecule has 12 heteroatoms. The summed E-state index contributed by atoms with van der Waals surface area (Å²) >= 11 is 1.64. The monoisotopic (exact) mass is 669 g/mol. The Morgan fingerprint density at radius 3 is 2.40 bits per heavy atom. The van der Waals surface area contributed by atoms with Gasteiger partial charge in [0.15, 0.2) is 18.0 Å². The van der Waals surface area contributed by atoms with Gasteiger partial charge in [-0.05, 0) is 85.2 Å². The highest BCUT2D eigenvalue weighted by Crippen LogP contribution is 2.55. The molecule has 0 aromatic heterocycles. The molecule has 238 valence electrons. The Labute approximate surface area is 269 Å². The van der Waals surface area contributed by atoms with E-state index in [1.807, 2.05) is 61.5 Å². The third-order valence-corrected chi connectivity index (χ3v) is 12.0. The topological polar surface area (TPSA) is 121 Å². The molecular formula is C33H37N2O7S3+. The number of hydrogen-bond acceptors (Lipinski definition) is 7. The van der Waals surface area contributed by atoms with Crippen LogP contribution in [0.3, 0.4) is 0 Å². The molecule has 3 heterocycles. The van der Waals surface area contributed by atoms with Crippen LogP contribution in [0.2, 0.25) is 0 Å². The van der Waals surface area contributed by atoms with Gasteiger partial charge < -0.3 is 9.64 Å². The molecule has 3 unspecified atom stereocenters. The zero-order valence-electron chi connectivity index (χ0n) is 25.4. The Balaban J connectivity index is 1.35. The number of anilines is 1. The fourth-order valence-electron chi connectivity index (χ4n) is 6.20. The van der Waals surface area contributed by atoms with Crippen molar-refractivity contribution >= 4 is 43.4 Å². The van der Waals surface area contributed by atoms with Gasteiger partial charge in [-0.15, -0.1) is 0 Å². The molecule has 45 heavy (non-hydrogen) atoms. The predicted octanol–water partition coefficient (Wildman–Crippen LogP) is 6.68. The lowest BCUT2D eigenvalue weighted by Gasteiger charge is -2.22. The first kappa shape index (κ1) is 31.8. The van der Waals surface area contributed by atoms with Gasteiger partial charge in [0, 0.05) is 23.6 Å². The van der Waals surface area contributed by atoms with Crippen LogP contribution < -0.4 is 14.1 Å². The highest BCUT2D eigenvalue weighted by Gasteiger charge is 2.72. The number of hydrogen-bond donors (Lipinski definition) is 2. The molecule has 9 nitrogen and oxygen atoms in total. The number of aryl methyl sites for hydroxylation is 2. The molecule has 6 rings (SSSR count). The molecular weight excluding hydrogens is 633 g/mol. The summed E-state index contributed by atoms with van der Waals surface area (Å²) < 4.78 is 73.3. The summed E-state index contributed by atoms with van der Waals surface area (Å²) in [6, 6.07) is 19.9. The van der Waals surface area contributed by atoms with Crippen molar-refractivity contribution in [2.45, 2.75) is 56.5 Å². The van der Waals surface area contributed by atoms with Gasteiger partial charge in [0.05, 0.1) is 16.5 Å². The fraction of sp³-hybridized carbons (Fsp3) is 0.333. The molecule has 0 aliphatic carbocycles. The van der Waals surface area contributed by atoms with Crippen molar-refractivity contribution < 1.29 is 30.7 Å². The minimum atomic E-state index is -4.34. The van der Waals surface area contributed by atoms with E-state index in [4.69, 9.17) is 4.74 Å². The van der Waals surface area contributed by atoms with Crippen LogP contribution in [0, 0.1) is 13.8 Å². The maximum absolute atomic E-state index is 12.5. The molecule has 1 spiro atoms. The molecule has 1 fully saturated rings. The van der Waals surface area contributed by atoms with Crippen molar-refractivity contribution in [2.24, 2.45) is 0 Å². The molecule has 2 N–H and O–H groups in total. The van der Waals surface area contributed by atoms with E-state index in [1.165, 1.54) is 5.56 Å². The van der Waals surface area contributed by atoms with Crippen molar-refractivity contribution in [2.75, 3.05) is 23.7 Å². The quantitative estimate of drug-likeness (QED) is 0.105. The molecule has 3 aliphatic rings. The second-order valence-electron chi connectivity index (χ2n) is 11.9. The fourth-order valence-corrected chi connectivity index (χ4v) is 9.16. The van der Waals surface area contributed by atoms with Crippen LogP contribution in [-0.4, -0.2) is 56.4 Å². The molecule has 3 aromatic carbocycles. The van der Waals surface area contributed by atoms with Crippen LogP contribution in [0.15, 0.2) is 88.3 Å². The summed E-state index contributed by atoms with van der Waals surface area (Å²) in [5.41, 5.74) is 7.00. The van der Waals surface area contributed by atoms with Crippen molar-refractivity contribution in [3.8, 4) is 16.9 Å². The molecule has 3 aromatic rings. The van der Waals surface area contributed by atoms with Crippen molar-refractivity contribution in [1.82, 2.24) is 4.48 Å². The number of benzene rings is 3. The molecule has 3 aliphatic heterocycles. The third kappa shape index (κ3) is 6.32. The minimum absolute atomic E-state index is 0.0212. The average Bonchev–Trinajstić information content (AvgIpc) is 3.59. The number of rotatable bonds is 10. The standard InChI is InChI=1S/C33H36N2O7S3/c1-4-24(18-31-34(14-8-9-15-44(36,37)38)27-16-22(2)23(3)17-30(27)43-31)19-32-35(21-33(35)45(39,40)41)28-20-26(12-13-29(28)42-32)25-10-6-5-7-11-25/h5-7,10-13,16-20,32-33H,4,8-9,14-15,21H2,1-3H3,(H-,36,37,38,39,40,41)/p+1. The second kappa shape index (κ2) is 11.9. The van der Waals surface area contributed by atoms with E-state index in [-0.39, 0.29) is 16.8 Å². The molecule has 0 saturated carbocycles. The normalized spacial score (nSPS) is 23.4. The number of allylic oxidation sites excluding steroid dienone is 2. The van der Waals surface area contributed by atoms with Gasteiger partial charge in [-0.2, -0.15) is 16.8 Å². The van der Waals surface area contributed by atoms with E-state index in [0.717, 1.165) is 43.6 Å². The van der Waals surface area contributed by atoms with E-state index in [0.29, 0.717) is 31.6 Å². The van der Waals surface area contributed by atoms with E-state index < -0.39 is 31.8 Å². The van der Waals surface area contributed by atoms with Crippen LogP contribution in [0.4, 0.5) is 11.4 Å². The van der Waals surface area contributed by atoms with Gasteiger partial charge in [0.1, 0.15) is 0 Å². The minimum Gasteiger partial charge on any atom is -0.432 e. The van der Waals surface area contributed by atoms with Crippen molar-refractivity contribution in [3.05, 3.63) is 94.5 Å². The summed E-state index contributed by atoms with van der Waals surface area (Å²) in [5.74, 6) is 0.312. The van der Waals surface area contributed by atoms with Gasteiger partial charge >= 0.3 is 10.1 Å². The average molecular weight is 670 g/mol. The molecule has 0 bridgehead atoms. The Kier molecular flexibility index (Phi) is 8.42. The number of thioether (sulfide) groups is 1. The van der Waals surface area contributed by atoms with Crippen LogP contribution in [0.25, 0.3) is 11.1 Å². The first-order chi connectivity index (χ1) is 21.3. The Bertz CT molecular complexity index is 1920. The lowest BCUT2D eigenvalue weighted by atomic mass is 10.0. The van der Waals surface area contributed by atoms with Gasteiger partial charge in [-0.1, -0.05) is 55.1 Å². The van der Waals surface area contributed by atoms with Gasteiger partial charge in [-0.25, -0.2) is 4.48 Å².